The molecule has 1 unspecified atom stereocenters. The fraction of sp³-hybridized carbons (Fsp3) is 0.143. The average Bonchev–Trinajstić information content (AvgIpc) is 2.39. The minimum absolute atomic E-state index is 0.0400. The van der Waals surface area contributed by atoms with Crippen molar-refractivity contribution in [2.75, 3.05) is 11.9 Å². The molecule has 0 radical (unpaired) electrons. The maximum atomic E-state index is 6.25. The van der Waals surface area contributed by atoms with Crippen molar-refractivity contribution < 1.29 is 0 Å². The molecule has 0 fully saturated rings. The van der Waals surface area contributed by atoms with Crippen LogP contribution in [0.3, 0.4) is 0 Å². The van der Waals surface area contributed by atoms with Gasteiger partial charge in [0.2, 0.25) is 0 Å². The summed E-state index contributed by atoms with van der Waals surface area (Å²) in [7, 11) is 0. The first-order chi connectivity index (χ1) is 9.10. The van der Waals surface area contributed by atoms with Gasteiger partial charge in [-0.25, -0.2) is 0 Å². The van der Waals surface area contributed by atoms with Gasteiger partial charge in [0.05, 0.1) is 6.04 Å². The highest BCUT2D eigenvalue weighted by molar-refractivity contribution is 9.10. The molecule has 100 valence electrons. The van der Waals surface area contributed by atoms with Gasteiger partial charge in [0.25, 0.3) is 0 Å². The van der Waals surface area contributed by atoms with E-state index in [-0.39, 0.29) is 6.04 Å². The van der Waals surface area contributed by atoms with E-state index in [0.717, 1.165) is 15.7 Å². The van der Waals surface area contributed by atoms with Crippen LogP contribution < -0.4 is 11.1 Å². The molecule has 0 aliphatic heterocycles. The predicted molar refractivity (Wildman–Crippen MR) is 86.0 cm³/mol. The Bertz CT molecular complexity index is 558. The van der Waals surface area contributed by atoms with Crippen LogP contribution in [0.4, 0.5) is 5.69 Å². The first-order valence-electron chi connectivity index (χ1n) is 5.77. The van der Waals surface area contributed by atoms with Crippen LogP contribution in [0.5, 0.6) is 0 Å². The Morgan fingerprint density at radius 2 is 1.79 bits per heavy atom. The summed E-state index contributed by atoms with van der Waals surface area (Å²) in [5, 5.41) is 4.74. The van der Waals surface area contributed by atoms with Crippen molar-refractivity contribution in [3.63, 3.8) is 0 Å². The van der Waals surface area contributed by atoms with Gasteiger partial charge in [-0.2, -0.15) is 0 Å². The number of nitrogens with one attached hydrogen (secondary N) is 1. The molecule has 2 aromatic rings. The standard InChI is InChI=1S/C14H13BrCl2N2/c15-9-1-6-12(13(17)7-9)14(8-18)19-11-4-2-10(16)3-5-11/h1-7,14,19H,8,18H2. The summed E-state index contributed by atoms with van der Waals surface area (Å²) in [5.74, 6) is 0. The zero-order valence-electron chi connectivity index (χ0n) is 10.0. The molecular weight excluding hydrogens is 347 g/mol. The van der Waals surface area contributed by atoms with Gasteiger partial charge in [-0.1, -0.05) is 45.2 Å². The topological polar surface area (TPSA) is 38.0 Å². The smallest absolute Gasteiger partial charge is 0.0650 e. The zero-order chi connectivity index (χ0) is 13.8. The highest BCUT2D eigenvalue weighted by atomic mass is 79.9. The summed E-state index contributed by atoms with van der Waals surface area (Å²) in [4.78, 5) is 0. The van der Waals surface area contributed by atoms with E-state index in [1.807, 2.05) is 42.5 Å². The highest BCUT2D eigenvalue weighted by Gasteiger charge is 2.13. The van der Waals surface area contributed by atoms with Crippen molar-refractivity contribution in [3.8, 4) is 0 Å². The third-order valence-electron chi connectivity index (χ3n) is 2.76. The van der Waals surface area contributed by atoms with Gasteiger partial charge in [-0.3, -0.25) is 0 Å². The molecule has 2 rings (SSSR count). The van der Waals surface area contributed by atoms with Gasteiger partial charge in [-0.05, 0) is 42.0 Å². The lowest BCUT2D eigenvalue weighted by atomic mass is 10.1. The van der Waals surface area contributed by atoms with Crippen LogP contribution in [0.1, 0.15) is 11.6 Å². The van der Waals surface area contributed by atoms with Crippen molar-refractivity contribution in [2.24, 2.45) is 5.73 Å². The molecular formula is C14H13BrCl2N2. The number of nitrogens with two attached hydrogens (primary N) is 1. The average molecular weight is 360 g/mol. The molecule has 1 atom stereocenters. The van der Waals surface area contributed by atoms with E-state index >= 15 is 0 Å². The summed E-state index contributed by atoms with van der Waals surface area (Å²) >= 11 is 15.5. The van der Waals surface area contributed by atoms with Crippen molar-refractivity contribution in [1.82, 2.24) is 0 Å². The third-order valence-corrected chi connectivity index (χ3v) is 3.83. The maximum Gasteiger partial charge on any atom is 0.0650 e. The molecule has 0 aliphatic rings. The lowest BCUT2D eigenvalue weighted by Gasteiger charge is -2.20. The predicted octanol–water partition coefficient (Wildman–Crippen LogP) is 4.87. The molecule has 5 heteroatoms. The van der Waals surface area contributed by atoms with Gasteiger partial charge in [0.15, 0.2) is 0 Å². The highest BCUT2D eigenvalue weighted by Crippen LogP contribution is 2.28. The normalized spacial score (nSPS) is 12.2. The fourth-order valence-corrected chi connectivity index (χ4v) is 2.73. The second-order valence-electron chi connectivity index (χ2n) is 4.11. The Morgan fingerprint density at radius 1 is 1.11 bits per heavy atom. The van der Waals surface area contributed by atoms with Gasteiger partial charge in [0, 0.05) is 26.8 Å². The van der Waals surface area contributed by atoms with Crippen LogP contribution in [0, 0.1) is 0 Å². The molecule has 0 amide bonds. The summed E-state index contributed by atoms with van der Waals surface area (Å²) in [6.45, 7) is 0.448. The molecule has 0 aliphatic carbocycles. The summed E-state index contributed by atoms with van der Waals surface area (Å²) < 4.78 is 0.948. The fourth-order valence-electron chi connectivity index (χ4n) is 1.80. The van der Waals surface area contributed by atoms with Gasteiger partial charge in [0.1, 0.15) is 0 Å². The Morgan fingerprint density at radius 3 is 2.37 bits per heavy atom. The molecule has 0 aromatic heterocycles. The van der Waals surface area contributed by atoms with Crippen LogP contribution in [0.2, 0.25) is 10.0 Å². The van der Waals surface area contributed by atoms with Crippen LogP contribution in [-0.2, 0) is 0 Å². The minimum atomic E-state index is -0.0400. The summed E-state index contributed by atoms with van der Waals surface area (Å²) in [5.41, 5.74) is 7.76. The lowest BCUT2D eigenvalue weighted by molar-refractivity contribution is 0.790. The van der Waals surface area contributed by atoms with Crippen molar-refractivity contribution in [3.05, 3.63) is 62.5 Å². The molecule has 2 aromatic carbocycles. The lowest BCUT2D eigenvalue weighted by Crippen LogP contribution is -2.20. The third kappa shape index (κ3) is 3.86. The Labute approximate surface area is 131 Å². The van der Waals surface area contributed by atoms with Gasteiger partial charge >= 0.3 is 0 Å². The monoisotopic (exact) mass is 358 g/mol. The van der Waals surface area contributed by atoms with E-state index in [1.54, 1.807) is 0 Å². The second kappa shape index (κ2) is 6.62. The molecule has 0 saturated heterocycles. The largest absolute Gasteiger partial charge is 0.377 e. The van der Waals surface area contributed by atoms with E-state index in [4.69, 9.17) is 28.9 Å². The molecule has 0 heterocycles. The number of benzene rings is 2. The van der Waals surface area contributed by atoms with E-state index in [9.17, 15) is 0 Å². The van der Waals surface area contributed by atoms with E-state index in [2.05, 4.69) is 21.2 Å². The molecule has 0 bridgehead atoms. The van der Waals surface area contributed by atoms with Crippen molar-refractivity contribution in [2.45, 2.75) is 6.04 Å². The number of anilines is 1. The zero-order valence-corrected chi connectivity index (χ0v) is 13.1. The molecule has 2 nitrogen and oxygen atoms in total. The second-order valence-corrected chi connectivity index (χ2v) is 5.86. The SMILES string of the molecule is NCC(Nc1ccc(Cl)cc1)c1ccc(Br)cc1Cl. The Hall–Kier alpha value is -0.740. The Balaban J connectivity index is 2.22. The van der Waals surface area contributed by atoms with Crippen LogP contribution >= 0.6 is 39.1 Å². The summed E-state index contributed by atoms with van der Waals surface area (Å²) in [6, 6.07) is 13.2. The number of rotatable bonds is 4. The Kier molecular flexibility index (Phi) is 5.11. The van der Waals surface area contributed by atoms with E-state index in [1.165, 1.54) is 0 Å². The molecule has 3 N–H and O–H groups in total. The first kappa shape index (κ1) is 14.7. The van der Waals surface area contributed by atoms with E-state index in [0.29, 0.717) is 16.6 Å². The molecule has 0 spiro atoms. The van der Waals surface area contributed by atoms with Gasteiger partial charge < -0.3 is 11.1 Å². The maximum absolute atomic E-state index is 6.25. The number of halogens is 3. The van der Waals surface area contributed by atoms with Crippen LogP contribution in [-0.4, -0.2) is 6.54 Å². The minimum Gasteiger partial charge on any atom is -0.377 e. The number of hydrogen-bond donors (Lipinski definition) is 2. The quantitative estimate of drug-likeness (QED) is 0.817. The summed E-state index contributed by atoms with van der Waals surface area (Å²) in [6.07, 6.45) is 0. The molecule has 19 heavy (non-hydrogen) atoms. The van der Waals surface area contributed by atoms with Crippen LogP contribution in [0.15, 0.2) is 46.9 Å². The van der Waals surface area contributed by atoms with Crippen LogP contribution in [0.25, 0.3) is 0 Å². The van der Waals surface area contributed by atoms with Crippen molar-refractivity contribution in [1.29, 1.82) is 0 Å². The first-order valence-corrected chi connectivity index (χ1v) is 7.32. The number of hydrogen-bond acceptors (Lipinski definition) is 2. The molecule has 0 saturated carbocycles. The van der Waals surface area contributed by atoms with E-state index < -0.39 is 0 Å². The van der Waals surface area contributed by atoms with Gasteiger partial charge in [-0.15, -0.1) is 0 Å². The van der Waals surface area contributed by atoms with Crippen molar-refractivity contribution >= 4 is 44.8 Å².